The normalized spacial score (nSPS) is 16.2. The number of aryl methyl sites for hydroxylation is 1. The molecule has 1 aromatic heterocycles. The Hall–Kier alpha value is -1.25. The van der Waals surface area contributed by atoms with Gasteiger partial charge in [0.25, 0.3) is 0 Å². The third kappa shape index (κ3) is 1.88. The lowest BCUT2D eigenvalue weighted by molar-refractivity contribution is 0.738. The van der Waals surface area contributed by atoms with Gasteiger partial charge in [0.05, 0.1) is 0 Å². The molecule has 1 N–H and O–H groups in total. The number of rotatable bonds is 1. The maximum absolute atomic E-state index is 6.05. The van der Waals surface area contributed by atoms with Crippen molar-refractivity contribution in [2.75, 3.05) is 13.1 Å². The molecule has 1 aromatic carbocycles. The fourth-order valence-corrected chi connectivity index (χ4v) is 2.65. The monoisotopic (exact) mass is 246 g/mol. The smallest absolute Gasteiger partial charge is 0.0498 e. The molecular weight excluding hydrogens is 232 g/mol. The van der Waals surface area contributed by atoms with Crippen molar-refractivity contribution in [2.45, 2.75) is 6.42 Å². The van der Waals surface area contributed by atoms with Crippen molar-refractivity contribution in [3.05, 3.63) is 41.1 Å². The first kappa shape index (κ1) is 10.9. The predicted molar refractivity (Wildman–Crippen MR) is 73.4 cm³/mol. The average molecular weight is 247 g/mol. The maximum atomic E-state index is 6.05. The summed E-state index contributed by atoms with van der Waals surface area (Å²) in [6.07, 6.45) is 5.59. The zero-order valence-corrected chi connectivity index (χ0v) is 10.6. The number of nitrogens with one attached hydrogen (secondary N) is 1. The van der Waals surface area contributed by atoms with Crippen molar-refractivity contribution < 1.29 is 0 Å². The molecule has 0 unspecified atom stereocenters. The summed E-state index contributed by atoms with van der Waals surface area (Å²) >= 11 is 6.05. The third-order valence-electron chi connectivity index (χ3n) is 3.36. The molecule has 0 atom stereocenters. The molecule has 0 spiro atoms. The van der Waals surface area contributed by atoms with E-state index in [1.165, 1.54) is 22.0 Å². The second kappa shape index (κ2) is 4.21. The highest BCUT2D eigenvalue weighted by atomic mass is 35.5. The first-order chi connectivity index (χ1) is 8.25. The summed E-state index contributed by atoms with van der Waals surface area (Å²) < 4.78 is 2.15. The van der Waals surface area contributed by atoms with Gasteiger partial charge in [-0.05, 0) is 30.7 Å². The molecule has 0 fully saturated rings. The Morgan fingerprint density at radius 3 is 3.00 bits per heavy atom. The molecule has 1 aliphatic rings. The Morgan fingerprint density at radius 1 is 1.35 bits per heavy atom. The van der Waals surface area contributed by atoms with Crippen molar-refractivity contribution in [2.24, 2.45) is 7.05 Å². The van der Waals surface area contributed by atoms with E-state index >= 15 is 0 Å². The standard InChI is InChI=1S/C14H15ClN2/c1-17-9-13(10-4-6-16-7-5-10)12-3-2-11(15)8-14(12)17/h2-4,8-9,16H,5-7H2,1H3. The second-order valence-electron chi connectivity index (χ2n) is 4.50. The summed E-state index contributed by atoms with van der Waals surface area (Å²) in [6.45, 7) is 2.04. The molecule has 3 heteroatoms. The molecule has 88 valence electrons. The van der Waals surface area contributed by atoms with E-state index in [0.717, 1.165) is 24.5 Å². The summed E-state index contributed by atoms with van der Waals surface area (Å²) in [4.78, 5) is 0. The average Bonchev–Trinajstić information content (AvgIpc) is 2.68. The van der Waals surface area contributed by atoms with Crippen LogP contribution in [0, 0.1) is 0 Å². The van der Waals surface area contributed by atoms with Gasteiger partial charge in [0.15, 0.2) is 0 Å². The van der Waals surface area contributed by atoms with Gasteiger partial charge in [-0.3, -0.25) is 0 Å². The van der Waals surface area contributed by atoms with E-state index in [1.54, 1.807) is 0 Å². The summed E-state index contributed by atoms with van der Waals surface area (Å²) in [5.74, 6) is 0. The minimum absolute atomic E-state index is 0.796. The van der Waals surface area contributed by atoms with Crippen LogP contribution in [0.5, 0.6) is 0 Å². The Bertz CT molecular complexity index is 596. The number of benzene rings is 1. The SMILES string of the molecule is Cn1cc(C2=CCNCC2)c2ccc(Cl)cc21. The van der Waals surface area contributed by atoms with Crippen molar-refractivity contribution >= 4 is 28.1 Å². The number of halogens is 1. The van der Waals surface area contributed by atoms with Crippen LogP contribution < -0.4 is 5.32 Å². The van der Waals surface area contributed by atoms with E-state index < -0.39 is 0 Å². The number of fused-ring (bicyclic) bond motifs is 1. The lowest BCUT2D eigenvalue weighted by Crippen LogP contribution is -2.19. The van der Waals surface area contributed by atoms with Gasteiger partial charge in [0.2, 0.25) is 0 Å². The van der Waals surface area contributed by atoms with Crippen LogP contribution in [0.2, 0.25) is 5.02 Å². The Kier molecular flexibility index (Phi) is 2.69. The van der Waals surface area contributed by atoms with Gasteiger partial charge in [0, 0.05) is 41.3 Å². The molecule has 0 radical (unpaired) electrons. The molecular formula is C14H15ClN2. The topological polar surface area (TPSA) is 17.0 Å². The lowest BCUT2D eigenvalue weighted by Gasteiger charge is -2.13. The van der Waals surface area contributed by atoms with E-state index in [9.17, 15) is 0 Å². The van der Waals surface area contributed by atoms with E-state index in [1.807, 2.05) is 12.1 Å². The van der Waals surface area contributed by atoms with Gasteiger partial charge in [-0.2, -0.15) is 0 Å². The van der Waals surface area contributed by atoms with Gasteiger partial charge in [0.1, 0.15) is 0 Å². The van der Waals surface area contributed by atoms with Crippen LogP contribution in [-0.2, 0) is 7.05 Å². The van der Waals surface area contributed by atoms with Gasteiger partial charge in [-0.25, -0.2) is 0 Å². The minimum atomic E-state index is 0.796. The molecule has 17 heavy (non-hydrogen) atoms. The lowest BCUT2D eigenvalue weighted by atomic mass is 10.00. The number of hydrogen-bond acceptors (Lipinski definition) is 1. The Morgan fingerprint density at radius 2 is 2.24 bits per heavy atom. The molecule has 0 bridgehead atoms. The zero-order chi connectivity index (χ0) is 11.8. The van der Waals surface area contributed by atoms with Gasteiger partial charge < -0.3 is 9.88 Å². The summed E-state index contributed by atoms with van der Waals surface area (Å²) in [5.41, 5.74) is 3.99. The largest absolute Gasteiger partial charge is 0.350 e. The van der Waals surface area contributed by atoms with E-state index in [0.29, 0.717) is 0 Å². The van der Waals surface area contributed by atoms with Crippen LogP contribution in [0.4, 0.5) is 0 Å². The number of hydrogen-bond donors (Lipinski definition) is 1. The molecule has 0 saturated carbocycles. The van der Waals surface area contributed by atoms with E-state index in [-0.39, 0.29) is 0 Å². The Balaban J connectivity index is 2.20. The van der Waals surface area contributed by atoms with Gasteiger partial charge in [-0.1, -0.05) is 23.7 Å². The second-order valence-corrected chi connectivity index (χ2v) is 4.94. The molecule has 2 heterocycles. The van der Waals surface area contributed by atoms with Crippen molar-refractivity contribution in [1.82, 2.24) is 9.88 Å². The van der Waals surface area contributed by atoms with Crippen LogP contribution in [0.15, 0.2) is 30.5 Å². The minimum Gasteiger partial charge on any atom is -0.350 e. The van der Waals surface area contributed by atoms with Crippen LogP contribution in [-0.4, -0.2) is 17.7 Å². The van der Waals surface area contributed by atoms with Crippen molar-refractivity contribution in [3.63, 3.8) is 0 Å². The Labute approximate surface area is 106 Å². The summed E-state index contributed by atoms with van der Waals surface area (Å²) in [7, 11) is 2.07. The molecule has 2 nitrogen and oxygen atoms in total. The van der Waals surface area contributed by atoms with Crippen LogP contribution in [0.25, 0.3) is 16.5 Å². The summed E-state index contributed by atoms with van der Waals surface area (Å²) in [6, 6.07) is 6.12. The first-order valence-corrected chi connectivity index (χ1v) is 6.28. The highest BCUT2D eigenvalue weighted by Crippen LogP contribution is 2.30. The van der Waals surface area contributed by atoms with Gasteiger partial charge in [-0.15, -0.1) is 0 Å². The van der Waals surface area contributed by atoms with E-state index in [4.69, 9.17) is 11.6 Å². The maximum Gasteiger partial charge on any atom is 0.0498 e. The molecule has 0 amide bonds. The van der Waals surface area contributed by atoms with Gasteiger partial charge >= 0.3 is 0 Å². The van der Waals surface area contributed by atoms with Crippen LogP contribution >= 0.6 is 11.6 Å². The third-order valence-corrected chi connectivity index (χ3v) is 3.60. The van der Waals surface area contributed by atoms with E-state index in [2.05, 4.69) is 35.3 Å². The fourth-order valence-electron chi connectivity index (χ4n) is 2.48. The number of aromatic nitrogens is 1. The van der Waals surface area contributed by atoms with Crippen molar-refractivity contribution in [1.29, 1.82) is 0 Å². The van der Waals surface area contributed by atoms with Crippen molar-refractivity contribution in [3.8, 4) is 0 Å². The highest BCUT2D eigenvalue weighted by molar-refractivity contribution is 6.31. The molecule has 0 saturated heterocycles. The summed E-state index contributed by atoms with van der Waals surface area (Å²) in [5, 5.41) is 5.44. The predicted octanol–water partition coefficient (Wildman–Crippen LogP) is 3.21. The molecule has 2 aromatic rings. The zero-order valence-electron chi connectivity index (χ0n) is 9.83. The quantitative estimate of drug-likeness (QED) is 0.818. The van der Waals surface area contributed by atoms with Crippen LogP contribution in [0.3, 0.4) is 0 Å². The first-order valence-electron chi connectivity index (χ1n) is 5.90. The fraction of sp³-hybridized carbons (Fsp3) is 0.286. The van der Waals surface area contributed by atoms with Crippen LogP contribution in [0.1, 0.15) is 12.0 Å². The molecule has 1 aliphatic heterocycles. The molecule has 0 aliphatic carbocycles. The number of nitrogens with zero attached hydrogens (tertiary/aromatic N) is 1. The highest BCUT2D eigenvalue weighted by Gasteiger charge is 2.12. The molecule has 3 rings (SSSR count).